The van der Waals surface area contributed by atoms with Gasteiger partial charge < -0.3 is 24.4 Å². The summed E-state index contributed by atoms with van der Waals surface area (Å²) in [6, 6.07) is 5.82. The van der Waals surface area contributed by atoms with E-state index >= 15 is 0 Å². The van der Waals surface area contributed by atoms with Gasteiger partial charge in [-0.05, 0) is 36.6 Å². The Balaban J connectivity index is 1.38. The molecule has 1 aromatic carbocycles. The molecule has 0 saturated carbocycles. The van der Waals surface area contributed by atoms with Gasteiger partial charge in [0.05, 0.1) is 26.9 Å². The van der Waals surface area contributed by atoms with Crippen LogP contribution in [0, 0.1) is 5.92 Å². The van der Waals surface area contributed by atoms with Gasteiger partial charge in [0.25, 0.3) is 0 Å². The highest BCUT2D eigenvalue weighted by molar-refractivity contribution is 5.88. The standard InChI is InChI=1S/C26H35N3O5/c1-3-4-18-7-10-27-11-8-22(18)28-25(30)16-29-15-20(14-26(29)31)19-5-6-23(32-2)24(13-19)34-21-9-12-33-17-21/h5-6,8,11,13,18,20-21H,3-4,7,9-10,12,14-17H2,1-2H3,(H,28,30)/t18?,20-,21?/m1/s1. The molecule has 0 spiro atoms. The van der Waals surface area contributed by atoms with Gasteiger partial charge in [-0.3, -0.25) is 14.6 Å². The first kappa shape index (κ1) is 24.3. The summed E-state index contributed by atoms with van der Waals surface area (Å²) >= 11 is 0. The highest BCUT2D eigenvalue weighted by atomic mass is 16.6. The number of hydrogen-bond acceptors (Lipinski definition) is 6. The number of aliphatic imine (C=N–C) groups is 1. The summed E-state index contributed by atoms with van der Waals surface area (Å²) in [7, 11) is 1.62. The molecule has 4 rings (SSSR count). The van der Waals surface area contributed by atoms with Crippen LogP contribution in [0.5, 0.6) is 11.5 Å². The number of ether oxygens (including phenoxy) is 3. The lowest BCUT2D eigenvalue weighted by Gasteiger charge is -2.21. The van der Waals surface area contributed by atoms with E-state index in [0.29, 0.717) is 43.6 Å². The van der Waals surface area contributed by atoms with Crippen LogP contribution >= 0.6 is 0 Å². The zero-order chi connectivity index (χ0) is 23.9. The van der Waals surface area contributed by atoms with Crippen LogP contribution in [0.15, 0.2) is 35.0 Å². The van der Waals surface area contributed by atoms with Crippen LogP contribution in [0.25, 0.3) is 0 Å². The number of rotatable bonds is 9. The second-order valence-corrected chi connectivity index (χ2v) is 9.19. The monoisotopic (exact) mass is 469 g/mol. The van der Waals surface area contributed by atoms with Crippen LogP contribution in [0.3, 0.4) is 0 Å². The zero-order valence-corrected chi connectivity index (χ0v) is 20.1. The molecule has 0 aromatic heterocycles. The van der Waals surface area contributed by atoms with Crippen molar-refractivity contribution in [3.8, 4) is 11.5 Å². The average Bonchev–Trinajstić information content (AvgIpc) is 3.41. The maximum absolute atomic E-state index is 12.8. The van der Waals surface area contributed by atoms with Crippen molar-refractivity contribution in [3.63, 3.8) is 0 Å². The molecule has 1 N–H and O–H groups in total. The number of carbonyl (C=O) groups is 2. The minimum Gasteiger partial charge on any atom is -0.493 e. The topological polar surface area (TPSA) is 89.5 Å². The van der Waals surface area contributed by atoms with Gasteiger partial charge in [-0.1, -0.05) is 19.4 Å². The molecular weight excluding hydrogens is 434 g/mol. The van der Waals surface area contributed by atoms with E-state index in [-0.39, 0.29) is 30.4 Å². The Bertz CT molecular complexity index is 938. The fourth-order valence-electron chi connectivity index (χ4n) is 4.87. The van der Waals surface area contributed by atoms with Crippen LogP contribution in [-0.4, -0.2) is 69.0 Å². The van der Waals surface area contributed by atoms with Crippen LogP contribution in [0.1, 0.15) is 50.5 Å². The predicted octanol–water partition coefficient (Wildman–Crippen LogP) is 3.07. The number of allylic oxidation sites excluding steroid dienone is 2. The lowest BCUT2D eigenvalue weighted by molar-refractivity contribution is -0.132. The molecular formula is C26H35N3O5. The van der Waals surface area contributed by atoms with E-state index in [9.17, 15) is 9.59 Å². The molecule has 0 radical (unpaired) electrons. The summed E-state index contributed by atoms with van der Waals surface area (Å²) in [5, 5.41) is 3.05. The molecule has 2 fully saturated rings. The molecule has 2 saturated heterocycles. The van der Waals surface area contributed by atoms with Crippen molar-refractivity contribution in [1.29, 1.82) is 0 Å². The molecule has 0 bridgehead atoms. The lowest BCUT2D eigenvalue weighted by atomic mass is 9.96. The summed E-state index contributed by atoms with van der Waals surface area (Å²) < 4.78 is 17.0. The van der Waals surface area contributed by atoms with Crippen LogP contribution in [-0.2, 0) is 14.3 Å². The van der Waals surface area contributed by atoms with E-state index in [0.717, 1.165) is 43.5 Å². The summed E-state index contributed by atoms with van der Waals surface area (Å²) in [5.41, 5.74) is 1.92. The normalized spacial score (nSPS) is 24.6. The van der Waals surface area contributed by atoms with Crippen LogP contribution in [0.2, 0.25) is 0 Å². The minimum atomic E-state index is -0.156. The Kier molecular flexibility index (Phi) is 8.21. The van der Waals surface area contributed by atoms with E-state index in [2.05, 4.69) is 17.2 Å². The number of nitrogens with one attached hydrogen (secondary N) is 1. The SMILES string of the molecule is CCCC1CCN=CC=C1NC(=O)CN1C[C@H](c2ccc(OC)c(OC3CCOC3)c2)CC1=O. The van der Waals surface area contributed by atoms with Gasteiger partial charge in [-0.25, -0.2) is 0 Å². The molecule has 1 aromatic rings. The third kappa shape index (κ3) is 5.97. The second kappa shape index (κ2) is 11.5. The number of likely N-dealkylation sites (tertiary alicyclic amines) is 1. The summed E-state index contributed by atoms with van der Waals surface area (Å²) in [6.45, 7) is 4.74. The fraction of sp³-hybridized carbons (Fsp3) is 0.577. The first-order valence-electron chi connectivity index (χ1n) is 12.3. The minimum absolute atomic E-state index is 0.00505. The quantitative estimate of drug-likeness (QED) is 0.600. The number of amides is 2. The number of methoxy groups -OCH3 is 1. The Labute approximate surface area is 201 Å². The summed E-state index contributed by atoms with van der Waals surface area (Å²) in [4.78, 5) is 31.5. The predicted molar refractivity (Wildman–Crippen MR) is 129 cm³/mol. The highest BCUT2D eigenvalue weighted by Crippen LogP contribution is 2.36. The number of nitrogens with zero attached hydrogens (tertiary/aromatic N) is 2. The number of hydrogen-bond donors (Lipinski definition) is 1. The van der Waals surface area contributed by atoms with Crippen molar-refractivity contribution >= 4 is 18.0 Å². The summed E-state index contributed by atoms with van der Waals surface area (Å²) in [5.74, 6) is 1.47. The molecule has 8 heteroatoms. The second-order valence-electron chi connectivity index (χ2n) is 9.19. The van der Waals surface area contributed by atoms with Crippen molar-refractivity contribution in [2.75, 3.05) is 40.0 Å². The van der Waals surface area contributed by atoms with Gasteiger partial charge in [0.1, 0.15) is 6.10 Å². The molecule has 8 nitrogen and oxygen atoms in total. The Hall–Kier alpha value is -2.87. The van der Waals surface area contributed by atoms with E-state index < -0.39 is 0 Å². The van der Waals surface area contributed by atoms with Crippen molar-refractivity contribution in [1.82, 2.24) is 10.2 Å². The Morgan fingerprint density at radius 1 is 1.29 bits per heavy atom. The Morgan fingerprint density at radius 3 is 2.94 bits per heavy atom. The molecule has 3 heterocycles. The first-order chi connectivity index (χ1) is 16.6. The van der Waals surface area contributed by atoms with Crippen LogP contribution < -0.4 is 14.8 Å². The van der Waals surface area contributed by atoms with Gasteiger partial charge >= 0.3 is 0 Å². The maximum Gasteiger partial charge on any atom is 0.243 e. The molecule has 184 valence electrons. The number of carbonyl (C=O) groups excluding carboxylic acids is 2. The molecule has 34 heavy (non-hydrogen) atoms. The third-order valence-electron chi connectivity index (χ3n) is 6.72. The van der Waals surface area contributed by atoms with Gasteiger partial charge in [0, 0.05) is 49.7 Å². The lowest BCUT2D eigenvalue weighted by Crippen LogP contribution is -2.39. The van der Waals surface area contributed by atoms with Gasteiger partial charge in [-0.15, -0.1) is 0 Å². The molecule has 2 unspecified atom stereocenters. The van der Waals surface area contributed by atoms with E-state index in [1.165, 1.54) is 0 Å². The van der Waals surface area contributed by atoms with Crippen molar-refractivity contribution < 1.29 is 23.8 Å². The molecule has 0 aliphatic carbocycles. The highest BCUT2D eigenvalue weighted by Gasteiger charge is 2.33. The van der Waals surface area contributed by atoms with Gasteiger partial charge in [-0.2, -0.15) is 0 Å². The smallest absolute Gasteiger partial charge is 0.243 e. The van der Waals surface area contributed by atoms with E-state index in [4.69, 9.17) is 14.2 Å². The zero-order valence-electron chi connectivity index (χ0n) is 20.1. The van der Waals surface area contributed by atoms with E-state index in [1.807, 2.05) is 24.3 Å². The largest absolute Gasteiger partial charge is 0.493 e. The van der Waals surface area contributed by atoms with Crippen LogP contribution in [0.4, 0.5) is 0 Å². The van der Waals surface area contributed by atoms with Gasteiger partial charge in [0.15, 0.2) is 11.5 Å². The van der Waals surface area contributed by atoms with Crippen molar-refractivity contribution in [2.24, 2.45) is 10.9 Å². The molecule has 2 amide bonds. The molecule has 3 aliphatic rings. The maximum atomic E-state index is 12.8. The fourth-order valence-corrected chi connectivity index (χ4v) is 4.87. The third-order valence-corrected chi connectivity index (χ3v) is 6.72. The Morgan fingerprint density at radius 2 is 2.18 bits per heavy atom. The summed E-state index contributed by atoms with van der Waals surface area (Å²) in [6.07, 6.45) is 7.88. The molecule has 3 atom stereocenters. The number of benzene rings is 1. The first-order valence-corrected chi connectivity index (χ1v) is 12.3. The van der Waals surface area contributed by atoms with Gasteiger partial charge in [0.2, 0.25) is 11.8 Å². The van der Waals surface area contributed by atoms with Crippen molar-refractivity contribution in [3.05, 3.63) is 35.5 Å². The molecule has 3 aliphatic heterocycles. The van der Waals surface area contributed by atoms with E-state index in [1.54, 1.807) is 18.2 Å². The average molecular weight is 470 g/mol. The van der Waals surface area contributed by atoms with Crippen molar-refractivity contribution in [2.45, 2.75) is 51.0 Å².